The van der Waals surface area contributed by atoms with Crippen LogP contribution in [-0.2, 0) is 6.42 Å². The zero-order chi connectivity index (χ0) is 18.3. The molecule has 0 atom stereocenters. The van der Waals surface area contributed by atoms with Crippen molar-refractivity contribution in [2.45, 2.75) is 38.1 Å². The lowest BCUT2D eigenvalue weighted by molar-refractivity contribution is 0.505. The molecule has 1 aromatic carbocycles. The maximum atomic E-state index is 5.02. The van der Waals surface area contributed by atoms with Crippen molar-refractivity contribution in [1.82, 2.24) is 30.4 Å². The van der Waals surface area contributed by atoms with E-state index >= 15 is 0 Å². The summed E-state index contributed by atoms with van der Waals surface area (Å²) >= 11 is 0. The SMILES string of the molecule is c1ccc(Cc2nnco2)cc1.c1nc(NC2CCCC2)c2cn[nH]c2n1. The highest BCUT2D eigenvalue weighted by molar-refractivity contribution is 5.85. The zero-order valence-corrected chi connectivity index (χ0v) is 14.9. The molecule has 138 valence electrons. The Morgan fingerprint density at radius 3 is 2.74 bits per heavy atom. The van der Waals surface area contributed by atoms with Gasteiger partial charge in [-0.05, 0) is 18.4 Å². The van der Waals surface area contributed by atoms with Gasteiger partial charge in [0.15, 0.2) is 5.65 Å². The molecule has 8 nitrogen and oxygen atoms in total. The quantitative estimate of drug-likeness (QED) is 0.572. The largest absolute Gasteiger partial charge is 0.428 e. The second-order valence-electron chi connectivity index (χ2n) is 6.48. The Bertz CT molecular complexity index is 947. The third kappa shape index (κ3) is 4.46. The number of anilines is 1. The Balaban J connectivity index is 0.000000137. The van der Waals surface area contributed by atoms with E-state index in [4.69, 9.17) is 4.42 Å². The number of fused-ring (bicyclic) bond motifs is 1. The first kappa shape index (κ1) is 17.1. The van der Waals surface area contributed by atoms with Crippen LogP contribution in [0.3, 0.4) is 0 Å². The highest BCUT2D eigenvalue weighted by Crippen LogP contribution is 2.24. The van der Waals surface area contributed by atoms with Crippen LogP contribution >= 0.6 is 0 Å². The van der Waals surface area contributed by atoms with Crippen LogP contribution in [0.15, 0.2) is 53.7 Å². The number of rotatable bonds is 4. The summed E-state index contributed by atoms with van der Waals surface area (Å²) < 4.78 is 5.02. The first-order valence-corrected chi connectivity index (χ1v) is 9.08. The fourth-order valence-corrected chi connectivity index (χ4v) is 3.19. The molecule has 1 aliphatic carbocycles. The van der Waals surface area contributed by atoms with Gasteiger partial charge >= 0.3 is 0 Å². The maximum absolute atomic E-state index is 5.02. The fraction of sp³-hybridized carbons (Fsp3) is 0.316. The molecule has 27 heavy (non-hydrogen) atoms. The van der Waals surface area contributed by atoms with Crippen LogP contribution in [0.2, 0.25) is 0 Å². The van der Waals surface area contributed by atoms with Gasteiger partial charge in [-0.15, -0.1) is 10.2 Å². The molecule has 3 heterocycles. The fourth-order valence-electron chi connectivity index (χ4n) is 3.19. The lowest BCUT2D eigenvalue weighted by Gasteiger charge is -2.12. The van der Waals surface area contributed by atoms with Crippen LogP contribution in [0.4, 0.5) is 5.82 Å². The van der Waals surface area contributed by atoms with Crippen LogP contribution < -0.4 is 5.32 Å². The van der Waals surface area contributed by atoms with Gasteiger partial charge in [0.25, 0.3) is 0 Å². The molecule has 0 unspecified atom stereocenters. The van der Waals surface area contributed by atoms with E-state index in [0.717, 1.165) is 16.9 Å². The Labute approximate surface area is 156 Å². The van der Waals surface area contributed by atoms with Gasteiger partial charge in [-0.3, -0.25) is 5.10 Å². The van der Waals surface area contributed by atoms with Crippen LogP contribution in [-0.4, -0.2) is 36.4 Å². The van der Waals surface area contributed by atoms with Crippen LogP contribution in [0, 0.1) is 0 Å². The van der Waals surface area contributed by atoms with Crippen LogP contribution in [0.1, 0.15) is 37.1 Å². The smallest absolute Gasteiger partial charge is 0.220 e. The highest BCUT2D eigenvalue weighted by Gasteiger charge is 2.16. The summed E-state index contributed by atoms with van der Waals surface area (Å²) in [4.78, 5) is 8.37. The predicted molar refractivity (Wildman–Crippen MR) is 101 cm³/mol. The summed E-state index contributed by atoms with van der Waals surface area (Å²) in [7, 11) is 0. The molecule has 4 aromatic rings. The van der Waals surface area contributed by atoms with E-state index in [-0.39, 0.29) is 0 Å². The molecule has 0 saturated heterocycles. The van der Waals surface area contributed by atoms with Crippen molar-refractivity contribution in [2.75, 3.05) is 5.32 Å². The van der Waals surface area contributed by atoms with Crippen molar-refractivity contribution in [3.8, 4) is 0 Å². The first-order valence-electron chi connectivity index (χ1n) is 9.08. The van der Waals surface area contributed by atoms with E-state index in [1.165, 1.54) is 37.6 Å². The summed E-state index contributed by atoms with van der Waals surface area (Å²) in [5, 5.41) is 18.6. The molecular weight excluding hydrogens is 342 g/mol. The molecule has 0 amide bonds. The molecule has 8 heteroatoms. The molecule has 0 bridgehead atoms. The average Bonchev–Trinajstić information content (AvgIpc) is 3.46. The standard InChI is InChI=1S/C10H13N5.C9H8N2O/c1-2-4-7(3-1)14-9-8-5-13-15-10(8)12-6-11-9;1-2-4-8(5-3-1)6-9-11-10-7-12-9/h5-7H,1-4H2,(H2,11,12,13,14,15);1-5,7H,6H2. The van der Waals surface area contributed by atoms with E-state index < -0.39 is 0 Å². The Kier molecular flexibility index (Phi) is 5.33. The van der Waals surface area contributed by atoms with Crippen molar-refractivity contribution in [2.24, 2.45) is 0 Å². The van der Waals surface area contributed by atoms with E-state index in [2.05, 4.69) is 35.7 Å². The van der Waals surface area contributed by atoms with Gasteiger partial charge in [-0.25, -0.2) is 9.97 Å². The number of aromatic nitrogens is 6. The third-order valence-electron chi connectivity index (χ3n) is 4.55. The van der Waals surface area contributed by atoms with Crippen molar-refractivity contribution >= 4 is 16.9 Å². The number of H-pyrrole nitrogens is 1. The van der Waals surface area contributed by atoms with Gasteiger partial charge in [0.1, 0.15) is 12.1 Å². The summed E-state index contributed by atoms with van der Waals surface area (Å²) in [5.74, 6) is 1.56. The molecule has 1 aliphatic rings. The molecule has 5 rings (SSSR count). The first-order chi connectivity index (χ1) is 13.4. The minimum absolute atomic E-state index is 0.568. The third-order valence-corrected chi connectivity index (χ3v) is 4.55. The molecule has 0 aliphatic heterocycles. The van der Waals surface area contributed by atoms with Crippen LogP contribution in [0.5, 0.6) is 0 Å². The Hall–Kier alpha value is -3.29. The maximum Gasteiger partial charge on any atom is 0.220 e. The minimum atomic E-state index is 0.568. The van der Waals surface area contributed by atoms with Crippen molar-refractivity contribution in [1.29, 1.82) is 0 Å². The Morgan fingerprint density at radius 1 is 1.11 bits per heavy atom. The highest BCUT2D eigenvalue weighted by atomic mass is 16.4. The van der Waals surface area contributed by atoms with Crippen LogP contribution in [0.25, 0.3) is 11.0 Å². The van der Waals surface area contributed by atoms with Gasteiger partial charge in [0.2, 0.25) is 12.3 Å². The summed E-state index contributed by atoms with van der Waals surface area (Å²) in [6, 6.07) is 10.6. The van der Waals surface area contributed by atoms with Crippen molar-refractivity contribution in [3.05, 3.63) is 60.7 Å². The molecule has 1 saturated carbocycles. The lowest BCUT2D eigenvalue weighted by Crippen LogP contribution is -2.15. The number of aromatic amines is 1. The molecule has 2 N–H and O–H groups in total. The molecule has 3 aromatic heterocycles. The molecule has 0 spiro atoms. The van der Waals surface area contributed by atoms with E-state index in [0.29, 0.717) is 18.4 Å². The van der Waals surface area contributed by atoms with Gasteiger partial charge in [0.05, 0.1) is 18.0 Å². The molecular formula is C19H21N7O. The van der Waals surface area contributed by atoms with Gasteiger partial charge in [0, 0.05) is 6.04 Å². The second kappa shape index (κ2) is 8.39. The second-order valence-corrected chi connectivity index (χ2v) is 6.48. The summed E-state index contributed by atoms with van der Waals surface area (Å²) in [6.45, 7) is 0. The van der Waals surface area contributed by atoms with Gasteiger partial charge in [-0.2, -0.15) is 5.10 Å². The average molecular weight is 363 g/mol. The van der Waals surface area contributed by atoms with E-state index in [9.17, 15) is 0 Å². The number of benzene rings is 1. The summed E-state index contributed by atoms with van der Waals surface area (Å²) in [5.41, 5.74) is 1.98. The van der Waals surface area contributed by atoms with Crippen molar-refractivity contribution in [3.63, 3.8) is 0 Å². The van der Waals surface area contributed by atoms with Crippen molar-refractivity contribution < 1.29 is 4.42 Å². The van der Waals surface area contributed by atoms with E-state index in [1.54, 1.807) is 12.5 Å². The lowest BCUT2D eigenvalue weighted by atomic mass is 10.2. The molecule has 1 fully saturated rings. The topological polar surface area (TPSA) is 105 Å². The predicted octanol–water partition coefficient (Wildman–Crippen LogP) is 3.37. The van der Waals surface area contributed by atoms with E-state index in [1.807, 2.05) is 30.3 Å². The number of nitrogens with one attached hydrogen (secondary N) is 2. The Morgan fingerprint density at radius 2 is 1.96 bits per heavy atom. The monoisotopic (exact) mass is 363 g/mol. The molecule has 0 radical (unpaired) electrons. The summed E-state index contributed by atoms with van der Waals surface area (Å²) in [6.07, 6.45) is 10.5. The zero-order valence-electron chi connectivity index (χ0n) is 14.9. The van der Waals surface area contributed by atoms with Gasteiger partial charge in [-0.1, -0.05) is 43.2 Å². The minimum Gasteiger partial charge on any atom is -0.428 e. The normalized spacial score (nSPS) is 14.1. The van der Waals surface area contributed by atoms with Gasteiger partial charge < -0.3 is 9.73 Å². The number of hydrogen-bond acceptors (Lipinski definition) is 7. The number of hydrogen-bond donors (Lipinski definition) is 2. The number of nitrogens with zero attached hydrogens (tertiary/aromatic N) is 5.